The lowest BCUT2D eigenvalue weighted by atomic mass is 10.1. The normalized spacial score (nSPS) is 19.4. The van der Waals surface area contributed by atoms with Gasteiger partial charge in [0.1, 0.15) is 6.04 Å². The van der Waals surface area contributed by atoms with Crippen LogP contribution in [0.3, 0.4) is 0 Å². The summed E-state index contributed by atoms with van der Waals surface area (Å²) in [6.07, 6.45) is -5.25. The number of rotatable bonds is 5. The van der Waals surface area contributed by atoms with Crippen molar-refractivity contribution in [3.8, 4) is 0 Å². The summed E-state index contributed by atoms with van der Waals surface area (Å²) in [5.41, 5.74) is 0.339. The molecule has 1 aromatic carbocycles. The molecule has 2 rings (SSSR count). The molecule has 146 valence electrons. The minimum absolute atomic E-state index is 0.104. The highest BCUT2D eigenvalue weighted by atomic mass is 19.4. The molecule has 3 N–H and O–H groups in total. The number of benzene rings is 1. The number of nitrogens with zero attached hydrogens (tertiary/aromatic N) is 1. The summed E-state index contributed by atoms with van der Waals surface area (Å²) in [4.78, 5) is 47.2. The van der Waals surface area contributed by atoms with Gasteiger partial charge in [0.15, 0.2) is 0 Å². The molecule has 1 heterocycles. The highest BCUT2D eigenvalue weighted by molar-refractivity contribution is 5.95. The van der Waals surface area contributed by atoms with Gasteiger partial charge >= 0.3 is 18.1 Å². The summed E-state index contributed by atoms with van der Waals surface area (Å²) in [5.74, 6) is -5.11. The smallest absolute Gasteiger partial charge is 0.471 e. The van der Waals surface area contributed by atoms with Crippen LogP contribution in [0, 0.1) is 0 Å². The van der Waals surface area contributed by atoms with Crippen LogP contribution < -0.4 is 10.6 Å². The molecule has 8 nitrogen and oxygen atoms in total. The molecule has 0 radical (unpaired) electrons. The van der Waals surface area contributed by atoms with Crippen molar-refractivity contribution in [1.82, 2.24) is 15.5 Å². The maximum atomic E-state index is 12.2. The number of carboxylic acids is 1. The van der Waals surface area contributed by atoms with Crippen LogP contribution in [-0.4, -0.2) is 65.0 Å². The van der Waals surface area contributed by atoms with Crippen molar-refractivity contribution in [3.05, 3.63) is 35.9 Å². The van der Waals surface area contributed by atoms with Gasteiger partial charge in [-0.1, -0.05) is 18.2 Å². The van der Waals surface area contributed by atoms with Crippen molar-refractivity contribution >= 4 is 23.7 Å². The van der Waals surface area contributed by atoms with Gasteiger partial charge in [-0.2, -0.15) is 13.2 Å². The van der Waals surface area contributed by atoms with Crippen LogP contribution in [0.15, 0.2) is 30.3 Å². The minimum Gasteiger partial charge on any atom is -0.480 e. The lowest BCUT2D eigenvalue weighted by Crippen LogP contribution is -2.48. The number of hydrogen-bond acceptors (Lipinski definition) is 4. The maximum absolute atomic E-state index is 12.2. The fourth-order valence-corrected chi connectivity index (χ4v) is 2.67. The second-order valence-corrected chi connectivity index (χ2v) is 5.85. The van der Waals surface area contributed by atoms with E-state index in [1.807, 2.05) is 0 Å². The Hall–Kier alpha value is -3.11. The summed E-state index contributed by atoms with van der Waals surface area (Å²) in [6.45, 7) is -1.20. The maximum Gasteiger partial charge on any atom is 0.471 e. The summed E-state index contributed by atoms with van der Waals surface area (Å²) >= 11 is 0. The number of aliphatic carboxylic acids is 1. The highest BCUT2D eigenvalue weighted by Gasteiger charge is 2.42. The number of likely N-dealkylation sites (tertiary alicyclic amines) is 1. The first-order valence-corrected chi connectivity index (χ1v) is 7.82. The Bertz CT molecular complexity index is 739. The van der Waals surface area contributed by atoms with Crippen LogP contribution in [0.5, 0.6) is 0 Å². The predicted octanol–water partition coefficient (Wildman–Crippen LogP) is 0.149. The number of halogens is 3. The zero-order chi connectivity index (χ0) is 20.2. The van der Waals surface area contributed by atoms with Gasteiger partial charge in [-0.25, -0.2) is 4.79 Å². The van der Waals surface area contributed by atoms with Crippen LogP contribution in [0.2, 0.25) is 0 Å². The number of alkyl halides is 3. The second kappa shape index (κ2) is 8.06. The molecule has 2 atom stereocenters. The molecule has 0 saturated carbocycles. The summed E-state index contributed by atoms with van der Waals surface area (Å²) in [5, 5.41) is 13.2. The first kappa shape index (κ1) is 20.2. The highest BCUT2D eigenvalue weighted by Crippen LogP contribution is 2.19. The number of carbonyl (C=O) groups is 4. The third kappa shape index (κ3) is 5.19. The number of carboxylic acid groups (broad SMARTS) is 1. The fourth-order valence-electron chi connectivity index (χ4n) is 2.67. The Morgan fingerprint density at radius 1 is 1.15 bits per heavy atom. The van der Waals surface area contributed by atoms with Crippen molar-refractivity contribution in [1.29, 1.82) is 0 Å². The van der Waals surface area contributed by atoms with Gasteiger partial charge in [0.05, 0.1) is 6.54 Å². The van der Waals surface area contributed by atoms with Gasteiger partial charge in [-0.3, -0.25) is 14.4 Å². The average molecular weight is 387 g/mol. The summed E-state index contributed by atoms with van der Waals surface area (Å²) in [7, 11) is 0. The Balaban J connectivity index is 1.99. The first-order valence-electron chi connectivity index (χ1n) is 7.82. The Kier molecular flexibility index (Phi) is 6.03. The molecular formula is C16H16F3N3O5. The lowest BCUT2D eigenvalue weighted by molar-refractivity contribution is -0.174. The summed E-state index contributed by atoms with van der Waals surface area (Å²) in [6, 6.07) is 6.08. The fraction of sp³-hybridized carbons (Fsp3) is 0.375. The van der Waals surface area contributed by atoms with Crippen molar-refractivity contribution in [3.63, 3.8) is 0 Å². The zero-order valence-corrected chi connectivity index (χ0v) is 13.8. The topological polar surface area (TPSA) is 116 Å². The molecule has 1 aromatic rings. The molecule has 2 unspecified atom stereocenters. The van der Waals surface area contributed by atoms with Crippen molar-refractivity contribution in [2.24, 2.45) is 0 Å². The molecule has 0 bridgehead atoms. The molecule has 27 heavy (non-hydrogen) atoms. The number of nitrogens with one attached hydrogen (secondary N) is 2. The minimum atomic E-state index is -5.15. The number of amides is 3. The van der Waals surface area contributed by atoms with E-state index in [2.05, 4.69) is 5.32 Å². The van der Waals surface area contributed by atoms with Gasteiger partial charge in [0.25, 0.3) is 5.91 Å². The number of carbonyl (C=O) groups excluding carboxylic acids is 3. The first-order chi connectivity index (χ1) is 12.6. The lowest BCUT2D eigenvalue weighted by Gasteiger charge is -2.21. The Morgan fingerprint density at radius 3 is 2.33 bits per heavy atom. The van der Waals surface area contributed by atoms with Crippen LogP contribution in [0.1, 0.15) is 16.8 Å². The third-order valence-electron chi connectivity index (χ3n) is 3.94. The van der Waals surface area contributed by atoms with Crippen molar-refractivity contribution in [2.45, 2.75) is 24.7 Å². The molecule has 1 saturated heterocycles. The van der Waals surface area contributed by atoms with Gasteiger partial charge in [0.2, 0.25) is 5.91 Å². The van der Waals surface area contributed by atoms with E-state index in [-0.39, 0.29) is 13.0 Å². The van der Waals surface area contributed by atoms with Crippen molar-refractivity contribution < 1.29 is 37.5 Å². The zero-order valence-electron chi connectivity index (χ0n) is 13.8. The van der Waals surface area contributed by atoms with E-state index in [9.17, 15) is 37.5 Å². The van der Waals surface area contributed by atoms with Gasteiger partial charge < -0.3 is 20.6 Å². The van der Waals surface area contributed by atoms with Crippen LogP contribution >= 0.6 is 0 Å². The molecule has 1 aliphatic rings. The van der Waals surface area contributed by atoms with Crippen LogP contribution in [0.25, 0.3) is 0 Å². The summed E-state index contributed by atoms with van der Waals surface area (Å²) < 4.78 is 36.5. The molecular weight excluding hydrogens is 371 g/mol. The standard InChI is InChI=1S/C16H16F3N3O5/c17-16(18,19)15(27)20-7-12(23)22-8-10(6-11(22)14(25)26)21-13(24)9-4-2-1-3-5-9/h1-5,10-11H,6-8H2,(H,20,27)(H,21,24)(H,25,26). The molecule has 1 aliphatic heterocycles. The average Bonchev–Trinajstić information content (AvgIpc) is 3.03. The Morgan fingerprint density at radius 2 is 1.78 bits per heavy atom. The van der Waals surface area contributed by atoms with E-state index < -0.39 is 48.5 Å². The van der Waals surface area contributed by atoms with Gasteiger partial charge in [0, 0.05) is 24.6 Å². The van der Waals surface area contributed by atoms with E-state index >= 15 is 0 Å². The number of hydrogen-bond donors (Lipinski definition) is 3. The van der Waals surface area contributed by atoms with Gasteiger partial charge in [-0.15, -0.1) is 0 Å². The second-order valence-electron chi connectivity index (χ2n) is 5.85. The van der Waals surface area contributed by atoms with E-state index in [1.165, 1.54) is 5.32 Å². The molecule has 0 aliphatic carbocycles. The van der Waals surface area contributed by atoms with E-state index in [0.717, 1.165) is 4.90 Å². The van der Waals surface area contributed by atoms with E-state index in [4.69, 9.17) is 0 Å². The van der Waals surface area contributed by atoms with Crippen molar-refractivity contribution in [2.75, 3.05) is 13.1 Å². The van der Waals surface area contributed by atoms with E-state index in [1.54, 1.807) is 30.3 Å². The quantitative estimate of drug-likeness (QED) is 0.665. The molecule has 1 fully saturated rings. The Labute approximate surface area is 151 Å². The third-order valence-corrected chi connectivity index (χ3v) is 3.94. The monoisotopic (exact) mass is 387 g/mol. The SMILES string of the molecule is O=C(NC1CC(C(=O)O)N(C(=O)CNC(=O)C(F)(F)F)C1)c1ccccc1. The molecule has 0 spiro atoms. The largest absolute Gasteiger partial charge is 0.480 e. The van der Waals surface area contributed by atoms with Crippen LogP contribution in [-0.2, 0) is 14.4 Å². The predicted molar refractivity (Wildman–Crippen MR) is 84.5 cm³/mol. The molecule has 11 heteroatoms. The van der Waals surface area contributed by atoms with Crippen LogP contribution in [0.4, 0.5) is 13.2 Å². The van der Waals surface area contributed by atoms with Gasteiger partial charge in [-0.05, 0) is 12.1 Å². The molecule has 0 aromatic heterocycles. The molecule has 3 amide bonds. The van der Waals surface area contributed by atoms with E-state index in [0.29, 0.717) is 5.56 Å².